The van der Waals surface area contributed by atoms with E-state index < -0.39 is 0 Å². The van der Waals surface area contributed by atoms with Crippen LogP contribution in [0.15, 0.2) is 54.9 Å². The number of piperazine rings is 1. The minimum atomic E-state index is 0.912. The molecule has 2 aromatic carbocycles. The Balaban J connectivity index is 1.39. The Morgan fingerprint density at radius 3 is 2.54 bits per heavy atom. The lowest BCUT2D eigenvalue weighted by atomic mass is 10.2. The predicted molar refractivity (Wildman–Crippen MR) is 95.6 cm³/mol. The van der Waals surface area contributed by atoms with E-state index in [2.05, 4.69) is 44.8 Å². The monoisotopic (exact) mass is 323 g/mol. The van der Waals surface area contributed by atoms with Gasteiger partial charge in [-0.25, -0.2) is 4.98 Å². The highest BCUT2D eigenvalue weighted by atomic mass is 16.5. The first-order valence-corrected chi connectivity index (χ1v) is 8.46. The number of imidazole rings is 1. The van der Waals surface area contributed by atoms with Gasteiger partial charge in [-0.15, -0.1) is 0 Å². The minimum Gasteiger partial charge on any atom is -0.497 e. The maximum absolute atomic E-state index is 5.24. The molecule has 0 bridgehead atoms. The second-order valence-corrected chi connectivity index (χ2v) is 6.30. The normalized spacial score (nSPS) is 15.8. The van der Waals surface area contributed by atoms with Gasteiger partial charge in [0.25, 0.3) is 0 Å². The lowest BCUT2D eigenvalue weighted by Gasteiger charge is -2.33. The minimum absolute atomic E-state index is 0.912. The third kappa shape index (κ3) is 2.95. The molecule has 1 aromatic heterocycles. The molecule has 1 aliphatic rings. The van der Waals surface area contributed by atoms with Crippen molar-refractivity contribution < 1.29 is 9.64 Å². The van der Waals surface area contributed by atoms with E-state index in [0.717, 1.165) is 44.1 Å². The first-order valence-electron chi connectivity index (χ1n) is 8.46. The van der Waals surface area contributed by atoms with Crippen molar-refractivity contribution in [2.24, 2.45) is 0 Å². The molecule has 0 aliphatic carbocycles. The van der Waals surface area contributed by atoms with E-state index >= 15 is 0 Å². The second-order valence-electron chi connectivity index (χ2n) is 6.30. The maximum atomic E-state index is 5.24. The van der Waals surface area contributed by atoms with Crippen LogP contribution in [-0.4, -0.2) is 42.8 Å². The number of nitrogens with one attached hydrogen (secondary N) is 1. The summed E-state index contributed by atoms with van der Waals surface area (Å²) in [6.45, 7) is 5.41. The molecule has 3 aromatic rings. The average Bonchev–Trinajstić information content (AvgIpc) is 3.06. The van der Waals surface area contributed by atoms with Gasteiger partial charge in [-0.3, -0.25) is 4.57 Å². The number of fused-ring (bicyclic) bond motifs is 1. The van der Waals surface area contributed by atoms with Crippen molar-refractivity contribution in [1.29, 1.82) is 0 Å². The quantitative estimate of drug-likeness (QED) is 0.788. The molecule has 5 heteroatoms. The zero-order chi connectivity index (χ0) is 16.4. The number of rotatable bonds is 4. The van der Waals surface area contributed by atoms with Crippen molar-refractivity contribution in [3.8, 4) is 5.75 Å². The zero-order valence-electron chi connectivity index (χ0n) is 14.0. The molecule has 4 rings (SSSR count). The van der Waals surface area contributed by atoms with Crippen molar-refractivity contribution in [2.45, 2.75) is 6.67 Å². The molecule has 1 saturated heterocycles. The van der Waals surface area contributed by atoms with Crippen LogP contribution in [0.3, 0.4) is 0 Å². The van der Waals surface area contributed by atoms with Gasteiger partial charge in [0, 0.05) is 5.69 Å². The summed E-state index contributed by atoms with van der Waals surface area (Å²) in [5.74, 6) is 0.912. The average molecular weight is 323 g/mol. The number of ether oxygens (including phenoxy) is 1. The van der Waals surface area contributed by atoms with Gasteiger partial charge in [-0.2, -0.15) is 0 Å². The molecule has 24 heavy (non-hydrogen) atoms. The highest BCUT2D eigenvalue weighted by molar-refractivity contribution is 5.74. The molecule has 0 spiro atoms. The molecule has 0 atom stereocenters. The molecular formula is C19H23N4O+. The van der Waals surface area contributed by atoms with Crippen LogP contribution in [0.2, 0.25) is 0 Å². The summed E-state index contributed by atoms with van der Waals surface area (Å²) in [7, 11) is 1.71. The molecule has 0 amide bonds. The van der Waals surface area contributed by atoms with Crippen LogP contribution in [0.1, 0.15) is 0 Å². The number of nitrogens with zero attached hydrogens (tertiary/aromatic N) is 3. The second kappa shape index (κ2) is 6.53. The highest BCUT2D eigenvalue weighted by Crippen LogP contribution is 2.19. The first-order chi connectivity index (χ1) is 11.8. The summed E-state index contributed by atoms with van der Waals surface area (Å²) in [5.41, 5.74) is 3.58. The van der Waals surface area contributed by atoms with Crippen LogP contribution in [0.25, 0.3) is 11.0 Å². The van der Waals surface area contributed by atoms with Crippen LogP contribution in [0, 0.1) is 0 Å². The van der Waals surface area contributed by atoms with E-state index in [1.165, 1.54) is 11.2 Å². The van der Waals surface area contributed by atoms with Gasteiger partial charge >= 0.3 is 0 Å². The van der Waals surface area contributed by atoms with Crippen LogP contribution >= 0.6 is 0 Å². The molecular weight excluding hydrogens is 300 g/mol. The predicted octanol–water partition coefficient (Wildman–Crippen LogP) is 1.41. The van der Waals surface area contributed by atoms with Gasteiger partial charge in [0.1, 0.15) is 12.1 Å². The van der Waals surface area contributed by atoms with Crippen molar-refractivity contribution in [3.63, 3.8) is 0 Å². The molecule has 1 aliphatic heterocycles. The van der Waals surface area contributed by atoms with Crippen LogP contribution in [0.5, 0.6) is 5.75 Å². The van der Waals surface area contributed by atoms with Crippen molar-refractivity contribution >= 4 is 16.7 Å². The number of anilines is 1. The van der Waals surface area contributed by atoms with Gasteiger partial charge in [-0.1, -0.05) is 12.1 Å². The topological polar surface area (TPSA) is 34.7 Å². The fraction of sp³-hybridized carbons (Fsp3) is 0.316. The largest absolute Gasteiger partial charge is 0.497 e. The fourth-order valence-electron chi connectivity index (χ4n) is 3.41. The number of hydrogen-bond donors (Lipinski definition) is 1. The SMILES string of the molecule is COc1ccc(N2CC[NH+](Cn3cnc4ccccc43)CC2)cc1. The number of benzene rings is 2. The van der Waals surface area contributed by atoms with Crippen LogP contribution in [0.4, 0.5) is 5.69 Å². The Hall–Kier alpha value is -2.53. The Kier molecular flexibility index (Phi) is 4.09. The molecule has 1 fully saturated rings. The molecule has 2 heterocycles. The number of hydrogen-bond acceptors (Lipinski definition) is 3. The number of methoxy groups -OCH3 is 1. The van der Waals surface area contributed by atoms with Crippen LogP contribution in [-0.2, 0) is 6.67 Å². The van der Waals surface area contributed by atoms with Crippen LogP contribution < -0.4 is 14.5 Å². The zero-order valence-corrected chi connectivity index (χ0v) is 14.0. The molecule has 5 nitrogen and oxygen atoms in total. The summed E-state index contributed by atoms with van der Waals surface area (Å²) < 4.78 is 7.51. The summed E-state index contributed by atoms with van der Waals surface area (Å²) in [6, 6.07) is 16.7. The lowest BCUT2D eigenvalue weighted by molar-refractivity contribution is -0.923. The van der Waals surface area contributed by atoms with E-state index in [1.807, 2.05) is 24.5 Å². The Morgan fingerprint density at radius 2 is 1.79 bits per heavy atom. The molecule has 124 valence electrons. The van der Waals surface area contributed by atoms with Gasteiger partial charge in [-0.05, 0) is 36.4 Å². The Morgan fingerprint density at radius 1 is 1.04 bits per heavy atom. The molecule has 0 unspecified atom stereocenters. The summed E-state index contributed by atoms with van der Waals surface area (Å²) >= 11 is 0. The smallest absolute Gasteiger partial charge is 0.158 e. The maximum Gasteiger partial charge on any atom is 0.158 e. The van der Waals surface area contributed by atoms with Gasteiger partial charge in [0.2, 0.25) is 0 Å². The van der Waals surface area contributed by atoms with Gasteiger partial charge in [0.05, 0.1) is 44.3 Å². The van der Waals surface area contributed by atoms with Gasteiger partial charge < -0.3 is 14.5 Å². The van der Waals surface area contributed by atoms with E-state index in [-0.39, 0.29) is 0 Å². The van der Waals surface area contributed by atoms with E-state index in [4.69, 9.17) is 4.74 Å². The summed E-state index contributed by atoms with van der Waals surface area (Å²) in [4.78, 5) is 8.54. The van der Waals surface area contributed by atoms with Crippen molar-refractivity contribution in [2.75, 3.05) is 38.2 Å². The first kappa shape index (κ1) is 15.0. The third-order valence-corrected chi connectivity index (χ3v) is 4.83. The fourth-order valence-corrected chi connectivity index (χ4v) is 3.41. The number of para-hydroxylation sites is 2. The summed E-state index contributed by atoms with van der Waals surface area (Å²) in [6.07, 6.45) is 1.97. The van der Waals surface area contributed by atoms with Crippen molar-refractivity contribution in [3.05, 3.63) is 54.9 Å². The molecule has 0 saturated carbocycles. The van der Waals surface area contributed by atoms with E-state index in [1.54, 1.807) is 12.0 Å². The summed E-state index contributed by atoms with van der Waals surface area (Å²) in [5, 5.41) is 0. The Labute approximate surface area is 142 Å². The number of aromatic nitrogens is 2. The third-order valence-electron chi connectivity index (χ3n) is 4.83. The number of quaternary nitrogens is 1. The Bertz CT molecular complexity index is 804. The van der Waals surface area contributed by atoms with Gasteiger partial charge in [0.15, 0.2) is 6.67 Å². The van der Waals surface area contributed by atoms with Crippen molar-refractivity contribution in [1.82, 2.24) is 9.55 Å². The highest BCUT2D eigenvalue weighted by Gasteiger charge is 2.20. The molecule has 1 N–H and O–H groups in total. The standard InChI is InChI=1S/C19H22N4O/c1-24-17-8-6-16(7-9-17)22-12-10-21(11-13-22)15-23-14-20-18-4-2-3-5-19(18)23/h2-9,14H,10-13,15H2,1H3/p+1. The van der Waals surface area contributed by atoms with E-state index in [0.29, 0.717) is 0 Å². The lowest BCUT2D eigenvalue weighted by Crippen LogP contribution is -3.14. The van der Waals surface area contributed by atoms with E-state index in [9.17, 15) is 0 Å². The molecule has 0 radical (unpaired) electrons.